The quantitative estimate of drug-likeness (QED) is 0.859. The van der Waals surface area contributed by atoms with Crippen LogP contribution in [0.4, 0.5) is 0 Å². The number of benzene rings is 1. The van der Waals surface area contributed by atoms with E-state index in [0.29, 0.717) is 25.6 Å². The molecule has 6 heteroatoms. The summed E-state index contributed by atoms with van der Waals surface area (Å²) in [7, 11) is 6.03. The number of piperidine rings is 1. The van der Waals surface area contributed by atoms with Crippen molar-refractivity contribution in [2.75, 3.05) is 27.2 Å². The number of para-hydroxylation sites is 1. The van der Waals surface area contributed by atoms with Gasteiger partial charge in [0.15, 0.2) is 0 Å². The summed E-state index contributed by atoms with van der Waals surface area (Å²) in [6.07, 6.45) is 1.60. The van der Waals surface area contributed by atoms with E-state index in [0.717, 1.165) is 34.1 Å². The number of amides is 1. The number of likely N-dealkylation sites (tertiary alicyclic amines) is 1. The van der Waals surface area contributed by atoms with Crippen LogP contribution < -0.4 is 0 Å². The van der Waals surface area contributed by atoms with Crippen LogP contribution in [0, 0.1) is 19.8 Å². The van der Waals surface area contributed by atoms with Crippen LogP contribution in [0.2, 0.25) is 0 Å². The molecule has 1 aliphatic rings. The highest BCUT2D eigenvalue weighted by molar-refractivity contribution is 6.02. The molecule has 0 unspecified atom stereocenters. The van der Waals surface area contributed by atoms with Crippen LogP contribution in [-0.4, -0.2) is 64.6 Å². The summed E-state index contributed by atoms with van der Waals surface area (Å²) >= 11 is 0. The fraction of sp³-hybridized carbons (Fsp3) is 0.545. The molecule has 28 heavy (non-hydrogen) atoms. The first kappa shape index (κ1) is 20.4. The molecule has 3 rings (SSSR count). The predicted octanol–water partition coefficient (Wildman–Crippen LogP) is 3.05. The molecule has 1 amide bonds. The van der Waals surface area contributed by atoms with Crippen molar-refractivity contribution in [1.29, 1.82) is 0 Å². The van der Waals surface area contributed by atoms with Crippen LogP contribution in [0.5, 0.6) is 0 Å². The molecular weight excluding hydrogens is 354 g/mol. The Morgan fingerprint density at radius 2 is 1.96 bits per heavy atom. The molecule has 0 saturated carbocycles. The average molecular weight is 386 g/mol. The van der Waals surface area contributed by atoms with Crippen molar-refractivity contribution in [3.8, 4) is 0 Å². The Kier molecular flexibility index (Phi) is 5.79. The highest BCUT2D eigenvalue weighted by Gasteiger charge is 2.34. The molecular formula is C22H31N3O3. The van der Waals surface area contributed by atoms with Crippen LogP contribution in [0.1, 0.15) is 40.9 Å². The number of aromatic nitrogens is 1. The Hall–Kier alpha value is -2.34. The largest absolute Gasteiger partial charge is 0.481 e. The van der Waals surface area contributed by atoms with E-state index in [1.54, 1.807) is 0 Å². The predicted molar refractivity (Wildman–Crippen MR) is 111 cm³/mol. The monoisotopic (exact) mass is 385 g/mol. The van der Waals surface area contributed by atoms with Crippen molar-refractivity contribution in [2.45, 2.75) is 39.2 Å². The fourth-order valence-corrected chi connectivity index (χ4v) is 4.83. The molecule has 1 fully saturated rings. The molecule has 2 atom stereocenters. The topological polar surface area (TPSA) is 65.8 Å². The van der Waals surface area contributed by atoms with E-state index in [4.69, 9.17) is 5.11 Å². The molecule has 1 aromatic carbocycles. The minimum Gasteiger partial charge on any atom is -0.481 e. The maximum atomic E-state index is 13.5. The van der Waals surface area contributed by atoms with Crippen molar-refractivity contribution < 1.29 is 14.7 Å². The van der Waals surface area contributed by atoms with Gasteiger partial charge in [0, 0.05) is 38.0 Å². The maximum Gasteiger partial charge on any atom is 0.303 e. The lowest BCUT2D eigenvalue weighted by molar-refractivity contribution is -0.137. The molecule has 1 aliphatic heterocycles. The number of fused-ring (bicyclic) bond motifs is 1. The number of aryl methyl sites for hydroxylation is 3. The normalized spacial score (nSPS) is 20.1. The summed E-state index contributed by atoms with van der Waals surface area (Å²) in [4.78, 5) is 28.6. The van der Waals surface area contributed by atoms with E-state index in [1.807, 2.05) is 43.6 Å². The molecule has 2 aromatic rings. The Labute approximate surface area is 166 Å². The lowest BCUT2D eigenvalue weighted by Crippen LogP contribution is -2.51. The van der Waals surface area contributed by atoms with Gasteiger partial charge < -0.3 is 19.5 Å². The number of carboxylic acids is 1. The second kappa shape index (κ2) is 7.95. The summed E-state index contributed by atoms with van der Waals surface area (Å²) in [5, 5.41) is 10.2. The third-order valence-corrected chi connectivity index (χ3v) is 6.24. The highest BCUT2D eigenvalue weighted by atomic mass is 16.4. The zero-order valence-electron chi connectivity index (χ0n) is 17.5. The minimum atomic E-state index is -0.777. The van der Waals surface area contributed by atoms with Crippen molar-refractivity contribution in [1.82, 2.24) is 14.4 Å². The van der Waals surface area contributed by atoms with Gasteiger partial charge in [-0.05, 0) is 57.8 Å². The highest BCUT2D eigenvalue weighted by Crippen LogP contribution is 2.30. The van der Waals surface area contributed by atoms with Crippen LogP contribution in [0.3, 0.4) is 0 Å². The van der Waals surface area contributed by atoms with E-state index < -0.39 is 5.97 Å². The first-order valence-corrected chi connectivity index (χ1v) is 9.94. The molecule has 2 heterocycles. The zero-order valence-corrected chi connectivity index (χ0v) is 17.5. The van der Waals surface area contributed by atoms with Gasteiger partial charge in [0.1, 0.15) is 5.69 Å². The van der Waals surface area contributed by atoms with Gasteiger partial charge in [0.25, 0.3) is 5.91 Å². The van der Waals surface area contributed by atoms with Gasteiger partial charge in [0.05, 0.1) is 5.52 Å². The number of hydrogen-bond acceptors (Lipinski definition) is 3. The van der Waals surface area contributed by atoms with Crippen molar-refractivity contribution in [2.24, 2.45) is 13.0 Å². The summed E-state index contributed by atoms with van der Waals surface area (Å²) in [5.41, 5.74) is 4.02. The standard InChI is InChI=1S/C22H31N3O3/c1-14-7-6-8-17-15(2)21(24(5)20(14)17)22(28)25-12-11-18(23(3)4)16(13-25)9-10-19(26)27/h6-8,16,18H,9-13H2,1-5H3,(H,26,27)/t16-,18+/m0/s1. The van der Waals surface area contributed by atoms with Crippen LogP contribution in [0.25, 0.3) is 10.9 Å². The second-order valence-electron chi connectivity index (χ2n) is 8.27. The van der Waals surface area contributed by atoms with Gasteiger partial charge in [-0.25, -0.2) is 0 Å². The minimum absolute atomic E-state index is 0.0492. The Morgan fingerprint density at radius 1 is 1.25 bits per heavy atom. The average Bonchev–Trinajstić information content (AvgIpc) is 2.90. The van der Waals surface area contributed by atoms with Gasteiger partial charge in [-0.15, -0.1) is 0 Å². The number of hydrogen-bond donors (Lipinski definition) is 1. The van der Waals surface area contributed by atoms with Gasteiger partial charge in [-0.1, -0.05) is 18.2 Å². The first-order chi connectivity index (χ1) is 13.2. The number of aliphatic carboxylic acids is 1. The summed E-state index contributed by atoms with van der Waals surface area (Å²) in [5.74, 6) is -0.561. The Morgan fingerprint density at radius 3 is 2.57 bits per heavy atom. The maximum absolute atomic E-state index is 13.5. The van der Waals surface area contributed by atoms with Crippen molar-refractivity contribution in [3.05, 3.63) is 35.0 Å². The van der Waals surface area contributed by atoms with Crippen LogP contribution >= 0.6 is 0 Å². The zero-order chi connectivity index (χ0) is 20.6. The Balaban J connectivity index is 1.89. The van der Waals surface area contributed by atoms with Gasteiger partial charge in [-0.2, -0.15) is 0 Å². The molecule has 0 aliphatic carbocycles. The number of carbonyl (C=O) groups excluding carboxylic acids is 1. The van der Waals surface area contributed by atoms with E-state index in [9.17, 15) is 9.59 Å². The molecule has 0 radical (unpaired) electrons. The summed E-state index contributed by atoms with van der Waals surface area (Å²) in [6.45, 7) is 5.39. The lowest BCUT2D eigenvalue weighted by Gasteiger charge is -2.41. The number of carbonyl (C=O) groups is 2. The third kappa shape index (κ3) is 3.65. The summed E-state index contributed by atoms with van der Waals surface area (Å²) in [6, 6.07) is 6.48. The number of rotatable bonds is 5. The van der Waals surface area contributed by atoms with Gasteiger partial charge in [-0.3, -0.25) is 9.59 Å². The molecule has 1 N–H and O–H groups in total. The van der Waals surface area contributed by atoms with E-state index in [2.05, 4.69) is 24.0 Å². The number of nitrogens with zero attached hydrogens (tertiary/aromatic N) is 3. The molecule has 0 spiro atoms. The molecule has 152 valence electrons. The number of carboxylic acid groups (broad SMARTS) is 1. The van der Waals surface area contributed by atoms with Crippen molar-refractivity contribution in [3.63, 3.8) is 0 Å². The van der Waals surface area contributed by atoms with Gasteiger partial charge in [0.2, 0.25) is 0 Å². The Bertz CT molecular complexity index is 900. The summed E-state index contributed by atoms with van der Waals surface area (Å²) < 4.78 is 2.02. The first-order valence-electron chi connectivity index (χ1n) is 9.94. The molecule has 0 bridgehead atoms. The molecule has 1 saturated heterocycles. The smallest absolute Gasteiger partial charge is 0.303 e. The molecule has 1 aromatic heterocycles. The van der Waals surface area contributed by atoms with E-state index in [1.165, 1.54) is 0 Å². The van der Waals surface area contributed by atoms with Gasteiger partial charge >= 0.3 is 5.97 Å². The SMILES string of the molecule is Cc1c(C(=O)N2CC[C@@H](N(C)C)[C@@H](CCC(=O)O)C2)n(C)c2c(C)cccc12. The van der Waals surface area contributed by atoms with E-state index in [-0.39, 0.29) is 18.2 Å². The van der Waals surface area contributed by atoms with Crippen LogP contribution in [0.15, 0.2) is 18.2 Å². The van der Waals surface area contributed by atoms with Crippen molar-refractivity contribution >= 4 is 22.8 Å². The lowest BCUT2D eigenvalue weighted by atomic mass is 9.87. The second-order valence-corrected chi connectivity index (χ2v) is 8.27. The van der Waals surface area contributed by atoms with E-state index >= 15 is 0 Å². The van der Waals surface area contributed by atoms with Crippen LogP contribution in [-0.2, 0) is 11.8 Å². The fourth-order valence-electron chi connectivity index (χ4n) is 4.83. The molecule has 6 nitrogen and oxygen atoms in total. The third-order valence-electron chi connectivity index (χ3n) is 6.24.